The second kappa shape index (κ2) is 4.95. The van der Waals surface area contributed by atoms with Gasteiger partial charge in [-0.25, -0.2) is 9.78 Å². The molecule has 4 rings (SSSR count). The minimum Gasteiger partial charge on any atom is -0.336 e. The van der Waals surface area contributed by atoms with Crippen molar-refractivity contribution in [2.45, 2.75) is 32.7 Å². The lowest BCUT2D eigenvalue weighted by Gasteiger charge is -2.07. The number of rotatable bonds is 2. The number of nitrogens with zero attached hydrogens (tertiary/aromatic N) is 1. The van der Waals surface area contributed by atoms with E-state index in [4.69, 9.17) is 0 Å². The Morgan fingerprint density at radius 3 is 2.91 bits per heavy atom. The molecule has 1 aromatic heterocycles. The number of aryl methyl sites for hydroxylation is 2. The molecular formula is C17H17N3OS. The zero-order valence-corrected chi connectivity index (χ0v) is 13.4. The summed E-state index contributed by atoms with van der Waals surface area (Å²) in [5.41, 5.74) is 3.81. The summed E-state index contributed by atoms with van der Waals surface area (Å²) in [5.74, 6) is 0. The first-order chi connectivity index (χ1) is 10.6. The Hall–Kier alpha value is -2.14. The van der Waals surface area contributed by atoms with Gasteiger partial charge < -0.3 is 5.32 Å². The van der Waals surface area contributed by atoms with Crippen LogP contribution in [0, 0.1) is 0 Å². The number of thiazole rings is 1. The second-order valence-electron chi connectivity index (χ2n) is 5.99. The number of nitrogens with one attached hydrogen (secondary N) is 2. The van der Waals surface area contributed by atoms with Crippen molar-refractivity contribution in [1.82, 2.24) is 10.3 Å². The number of benzene rings is 2. The van der Waals surface area contributed by atoms with E-state index in [9.17, 15) is 4.79 Å². The van der Waals surface area contributed by atoms with E-state index in [2.05, 4.69) is 39.9 Å². The van der Waals surface area contributed by atoms with Crippen molar-refractivity contribution in [3.8, 4) is 0 Å². The van der Waals surface area contributed by atoms with Crippen LogP contribution in [0.4, 0.5) is 9.93 Å². The van der Waals surface area contributed by atoms with E-state index in [1.807, 2.05) is 13.8 Å². The molecule has 4 nitrogen and oxygen atoms in total. The summed E-state index contributed by atoms with van der Waals surface area (Å²) >= 11 is 1.54. The Morgan fingerprint density at radius 1 is 1.27 bits per heavy atom. The summed E-state index contributed by atoms with van der Waals surface area (Å²) < 4.78 is 1.14. The van der Waals surface area contributed by atoms with Crippen LogP contribution in [0.25, 0.3) is 21.0 Å². The molecule has 0 fully saturated rings. The van der Waals surface area contributed by atoms with E-state index in [1.165, 1.54) is 33.2 Å². The van der Waals surface area contributed by atoms with E-state index in [0.29, 0.717) is 5.13 Å². The predicted molar refractivity (Wildman–Crippen MR) is 91.8 cm³/mol. The molecule has 1 aliphatic rings. The first-order valence-corrected chi connectivity index (χ1v) is 8.35. The van der Waals surface area contributed by atoms with E-state index >= 15 is 0 Å². The molecule has 2 aromatic carbocycles. The highest BCUT2D eigenvalue weighted by Crippen LogP contribution is 2.38. The third-order valence-corrected chi connectivity index (χ3v) is 4.91. The monoisotopic (exact) mass is 311 g/mol. The van der Waals surface area contributed by atoms with Gasteiger partial charge in [-0.05, 0) is 49.3 Å². The summed E-state index contributed by atoms with van der Waals surface area (Å²) in [4.78, 5) is 16.5. The van der Waals surface area contributed by atoms with E-state index in [-0.39, 0.29) is 12.1 Å². The molecule has 0 bridgehead atoms. The Bertz CT molecular complexity index is 898. The summed E-state index contributed by atoms with van der Waals surface area (Å²) in [6, 6.07) is 8.57. The molecule has 0 saturated carbocycles. The third-order valence-electron chi connectivity index (χ3n) is 3.99. The number of aromatic nitrogens is 1. The molecule has 0 unspecified atom stereocenters. The maximum absolute atomic E-state index is 11.8. The lowest BCUT2D eigenvalue weighted by atomic mass is 10.0. The van der Waals surface area contributed by atoms with E-state index in [1.54, 1.807) is 0 Å². The average molecular weight is 311 g/mol. The smallest absolute Gasteiger partial charge is 0.321 e. The van der Waals surface area contributed by atoms with Crippen LogP contribution in [-0.4, -0.2) is 17.1 Å². The van der Waals surface area contributed by atoms with Gasteiger partial charge in [0.05, 0.1) is 10.2 Å². The molecule has 0 radical (unpaired) electrons. The molecule has 0 saturated heterocycles. The van der Waals surface area contributed by atoms with Crippen molar-refractivity contribution < 1.29 is 4.79 Å². The van der Waals surface area contributed by atoms with Crippen LogP contribution in [0.1, 0.15) is 25.0 Å². The van der Waals surface area contributed by atoms with Crippen LogP contribution in [-0.2, 0) is 12.8 Å². The quantitative estimate of drug-likeness (QED) is 0.749. The van der Waals surface area contributed by atoms with Crippen molar-refractivity contribution in [2.75, 3.05) is 5.32 Å². The Morgan fingerprint density at radius 2 is 2.09 bits per heavy atom. The fourth-order valence-corrected chi connectivity index (χ4v) is 4.10. The number of hydrogen-bond acceptors (Lipinski definition) is 3. The molecule has 2 amide bonds. The summed E-state index contributed by atoms with van der Waals surface area (Å²) in [6.07, 6.45) is 2.21. The van der Waals surface area contributed by atoms with Gasteiger partial charge in [0.1, 0.15) is 0 Å². The second-order valence-corrected chi connectivity index (χ2v) is 7.02. The molecule has 0 aliphatic heterocycles. The fourth-order valence-electron chi connectivity index (χ4n) is 3.15. The maximum atomic E-state index is 11.8. The number of carbonyl (C=O) groups excluding carboxylic acids is 1. The number of anilines is 1. The van der Waals surface area contributed by atoms with Crippen LogP contribution in [0.3, 0.4) is 0 Å². The maximum Gasteiger partial charge on any atom is 0.321 e. The summed E-state index contributed by atoms with van der Waals surface area (Å²) in [7, 11) is 0. The van der Waals surface area contributed by atoms with Gasteiger partial charge in [0.15, 0.2) is 5.13 Å². The van der Waals surface area contributed by atoms with Crippen molar-refractivity contribution in [2.24, 2.45) is 0 Å². The Balaban J connectivity index is 1.80. The molecule has 22 heavy (non-hydrogen) atoms. The highest BCUT2D eigenvalue weighted by molar-refractivity contribution is 7.22. The van der Waals surface area contributed by atoms with Crippen molar-refractivity contribution in [3.05, 3.63) is 35.4 Å². The van der Waals surface area contributed by atoms with Gasteiger partial charge in [-0.3, -0.25) is 5.32 Å². The summed E-state index contributed by atoms with van der Waals surface area (Å²) in [6.45, 7) is 3.87. The van der Waals surface area contributed by atoms with Gasteiger partial charge in [0.25, 0.3) is 0 Å². The van der Waals surface area contributed by atoms with Crippen LogP contribution in [0.5, 0.6) is 0 Å². The molecule has 2 N–H and O–H groups in total. The Labute approximate surface area is 132 Å². The molecule has 1 aliphatic carbocycles. The highest BCUT2D eigenvalue weighted by atomic mass is 32.1. The predicted octanol–water partition coefficient (Wildman–Crippen LogP) is 4.08. The lowest BCUT2D eigenvalue weighted by Crippen LogP contribution is -2.34. The zero-order valence-electron chi connectivity index (χ0n) is 12.6. The Kier molecular flexibility index (Phi) is 3.04. The third kappa shape index (κ3) is 2.13. The van der Waals surface area contributed by atoms with Gasteiger partial charge >= 0.3 is 6.03 Å². The molecule has 1 heterocycles. The van der Waals surface area contributed by atoms with Gasteiger partial charge in [-0.1, -0.05) is 29.5 Å². The average Bonchev–Trinajstić information content (AvgIpc) is 3.03. The first-order valence-electron chi connectivity index (χ1n) is 7.53. The van der Waals surface area contributed by atoms with Crippen LogP contribution < -0.4 is 10.6 Å². The number of amides is 2. The van der Waals surface area contributed by atoms with Gasteiger partial charge in [-0.15, -0.1) is 0 Å². The SMILES string of the molecule is CC(C)NC(=O)Nc1nc2c(cc3c4c(cccc42)CC3)s1. The topological polar surface area (TPSA) is 54.0 Å². The minimum absolute atomic E-state index is 0.106. The van der Waals surface area contributed by atoms with Gasteiger partial charge in [0, 0.05) is 11.4 Å². The highest BCUT2D eigenvalue weighted by Gasteiger charge is 2.18. The molecule has 3 aromatic rings. The van der Waals surface area contributed by atoms with Gasteiger partial charge in [-0.2, -0.15) is 0 Å². The van der Waals surface area contributed by atoms with E-state index < -0.39 is 0 Å². The molecule has 5 heteroatoms. The number of urea groups is 1. The fraction of sp³-hybridized carbons (Fsp3) is 0.294. The number of hydrogen-bond donors (Lipinski definition) is 2. The standard InChI is InChI=1S/C17H17N3OS/c1-9(2)18-16(21)20-17-19-15-12-5-3-4-10-6-7-11(14(10)12)8-13(15)22-17/h3-5,8-9H,6-7H2,1-2H3,(H2,18,19,20,21). The largest absolute Gasteiger partial charge is 0.336 e. The van der Waals surface area contributed by atoms with Crippen LogP contribution >= 0.6 is 11.3 Å². The normalized spacial score (nSPS) is 13.2. The molecule has 0 atom stereocenters. The number of fused-ring (bicyclic) bond motifs is 2. The molecule has 0 spiro atoms. The van der Waals surface area contributed by atoms with E-state index in [0.717, 1.165) is 23.1 Å². The van der Waals surface area contributed by atoms with Crippen molar-refractivity contribution in [1.29, 1.82) is 0 Å². The number of carbonyl (C=O) groups is 1. The molecular weight excluding hydrogens is 294 g/mol. The molecule has 112 valence electrons. The van der Waals surface area contributed by atoms with Gasteiger partial charge in [0.2, 0.25) is 0 Å². The zero-order chi connectivity index (χ0) is 15.3. The lowest BCUT2D eigenvalue weighted by molar-refractivity contribution is 0.250. The summed E-state index contributed by atoms with van der Waals surface area (Å²) in [5, 5.41) is 8.87. The first kappa shape index (κ1) is 13.5. The van der Waals surface area contributed by atoms with Crippen LogP contribution in [0.2, 0.25) is 0 Å². The van der Waals surface area contributed by atoms with Crippen LogP contribution in [0.15, 0.2) is 24.3 Å². The van der Waals surface area contributed by atoms with Crippen molar-refractivity contribution in [3.63, 3.8) is 0 Å². The van der Waals surface area contributed by atoms with Crippen molar-refractivity contribution >= 4 is 43.5 Å². The minimum atomic E-state index is -0.202.